The van der Waals surface area contributed by atoms with E-state index in [9.17, 15) is 9.59 Å². The molecule has 1 aromatic heterocycles. The Labute approximate surface area is 150 Å². The summed E-state index contributed by atoms with van der Waals surface area (Å²) in [7, 11) is 0. The Kier molecular flexibility index (Phi) is 4.32. The number of aryl methyl sites for hydroxylation is 1. The van der Waals surface area contributed by atoms with Gasteiger partial charge in [0.2, 0.25) is 5.91 Å². The van der Waals surface area contributed by atoms with E-state index in [0.717, 1.165) is 12.0 Å². The van der Waals surface area contributed by atoms with Crippen LogP contribution < -0.4 is 5.32 Å². The molecular formula is C17H22BrN3O3. The van der Waals surface area contributed by atoms with Crippen LogP contribution in [0.25, 0.3) is 0 Å². The second kappa shape index (κ2) is 6.02. The van der Waals surface area contributed by atoms with Crippen LogP contribution in [0, 0.1) is 18.8 Å². The Morgan fingerprint density at radius 2 is 2.08 bits per heavy atom. The number of aromatic nitrogens is 1. The number of nitrogens with one attached hydrogen (secondary N) is 1. The van der Waals surface area contributed by atoms with Gasteiger partial charge in [-0.3, -0.25) is 9.69 Å². The highest BCUT2D eigenvalue weighted by molar-refractivity contribution is 9.10. The number of halogens is 1. The quantitative estimate of drug-likeness (QED) is 0.779. The van der Waals surface area contributed by atoms with Gasteiger partial charge < -0.3 is 10.1 Å². The van der Waals surface area contributed by atoms with E-state index in [1.165, 1.54) is 0 Å². The van der Waals surface area contributed by atoms with Gasteiger partial charge in [-0.1, -0.05) is 6.07 Å². The molecule has 0 radical (unpaired) electrons. The summed E-state index contributed by atoms with van der Waals surface area (Å²) >= 11 is 3.31. The van der Waals surface area contributed by atoms with Crippen LogP contribution in [-0.4, -0.2) is 40.1 Å². The number of carbonyl (C=O) groups is 2. The molecule has 0 unspecified atom stereocenters. The zero-order valence-electron chi connectivity index (χ0n) is 14.3. The second-order valence-corrected chi connectivity index (χ2v) is 8.34. The summed E-state index contributed by atoms with van der Waals surface area (Å²) < 4.78 is 6.10. The molecule has 3 atom stereocenters. The minimum absolute atomic E-state index is 0.195. The number of fused-ring (bicyclic) bond motifs is 1. The van der Waals surface area contributed by atoms with Crippen molar-refractivity contribution in [1.82, 2.24) is 9.88 Å². The summed E-state index contributed by atoms with van der Waals surface area (Å²) in [6.07, 6.45) is 0.566. The summed E-state index contributed by atoms with van der Waals surface area (Å²) in [5, 5.41) is 2.87. The number of ether oxygens (including phenoxy) is 1. The summed E-state index contributed by atoms with van der Waals surface area (Å²) in [4.78, 5) is 31.1. The number of pyridine rings is 1. The van der Waals surface area contributed by atoms with Crippen LogP contribution >= 0.6 is 15.9 Å². The molecule has 0 aromatic carbocycles. The highest BCUT2D eigenvalue weighted by atomic mass is 79.9. The summed E-state index contributed by atoms with van der Waals surface area (Å²) in [5.74, 6) is 0.956. The zero-order valence-corrected chi connectivity index (χ0v) is 15.9. The van der Waals surface area contributed by atoms with Crippen LogP contribution in [0.5, 0.6) is 0 Å². The lowest BCUT2D eigenvalue weighted by Crippen LogP contribution is -2.47. The predicted molar refractivity (Wildman–Crippen MR) is 93.6 cm³/mol. The topological polar surface area (TPSA) is 71.5 Å². The first-order valence-corrected chi connectivity index (χ1v) is 8.88. The van der Waals surface area contributed by atoms with Gasteiger partial charge in [0, 0.05) is 6.54 Å². The Bertz CT molecular complexity index is 686. The average molecular weight is 396 g/mol. The van der Waals surface area contributed by atoms with E-state index in [4.69, 9.17) is 4.74 Å². The fourth-order valence-corrected chi connectivity index (χ4v) is 3.44. The third-order valence-electron chi connectivity index (χ3n) is 4.35. The van der Waals surface area contributed by atoms with Crippen LogP contribution in [0.4, 0.5) is 10.6 Å². The van der Waals surface area contributed by atoms with Crippen LogP contribution in [-0.2, 0) is 9.53 Å². The maximum Gasteiger partial charge on any atom is 0.410 e. The molecule has 130 valence electrons. The van der Waals surface area contributed by atoms with Gasteiger partial charge in [0.15, 0.2) is 0 Å². The number of likely N-dealkylation sites (tertiary alicyclic amines) is 1. The van der Waals surface area contributed by atoms with Crippen molar-refractivity contribution in [3.63, 3.8) is 0 Å². The van der Waals surface area contributed by atoms with E-state index in [2.05, 4.69) is 26.2 Å². The van der Waals surface area contributed by atoms with Gasteiger partial charge in [-0.05, 0) is 73.5 Å². The third kappa shape index (κ3) is 3.55. The molecule has 6 nitrogen and oxygen atoms in total. The molecule has 2 fully saturated rings. The number of carbonyl (C=O) groups excluding carboxylic acids is 2. The maximum atomic E-state index is 12.8. The Balaban J connectivity index is 1.75. The van der Waals surface area contributed by atoms with Crippen molar-refractivity contribution in [3.8, 4) is 0 Å². The fraction of sp³-hybridized carbons (Fsp3) is 0.588. The van der Waals surface area contributed by atoms with Gasteiger partial charge in [0.05, 0.1) is 0 Å². The van der Waals surface area contributed by atoms with Crippen LogP contribution in [0.15, 0.2) is 16.7 Å². The third-order valence-corrected chi connectivity index (χ3v) is 4.79. The van der Waals surface area contributed by atoms with Crippen LogP contribution in [0.3, 0.4) is 0 Å². The summed E-state index contributed by atoms with van der Waals surface area (Å²) in [6.45, 7) is 7.94. The lowest BCUT2D eigenvalue weighted by Gasteiger charge is -2.29. The lowest BCUT2D eigenvalue weighted by molar-refractivity contribution is -0.121. The highest BCUT2D eigenvalue weighted by Crippen LogP contribution is 2.50. The molecule has 3 rings (SSSR count). The number of rotatable bonds is 2. The monoisotopic (exact) mass is 395 g/mol. The molecule has 1 aliphatic heterocycles. The van der Waals surface area contributed by atoms with Crippen molar-refractivity contribution < 1.29 is 14.3 Å². The molecule has 1 N–H and O–H groups in total. The molecule has 1 saturated heterocycles. The molecule has 2 heterocycles. The summed E-state index contributed by atoms with van der Waals surface area (Å²) in [6, 6.07) is 3.22. The normalized spacial score (nSPS) is 25.2. The molecule has 1 aliphatic carbocycles. The van der Waals surface area contributed by atoms with E-state index >= 15 is 0 Å². The largest absolute Gasteiger partial charge is 0.444 e. The fourth-order valence-electron chi connectivity index (χ4n) is 3.13. The van der Waals surface area contributed by atoms with Crippen LogP contribution in [0.1, 0.15) is 32.8 Å². The van der Waals surface area contributed by atoms with Gasteiger partial charge in [-0.2, -0.15) is 0 Å². The Hall–Kier alpha value is -1.63. The smallest absolute Gasteiger partial charge is 0.410 e. The number of hydrogen-bond acceptors (Lipinski definition) is 4. The SMILES string of the molecule is Cc1ccc(Br)nc1NC(=O)[C@@H]1[C@@H]2C[C@@H]2CN1C(=O)OC(C)(C)C. The van der Waals surface area contributed by atoms with Crippen molar-refractivity contribution >= 4 is 33.7 Å². The zero-order chi connectivity index (χ0) is 17.6. The number of nitrogens with zero attached hydrogens (tertiary/aromatic N) is 2. The second-order valence-electron chi connectivity index (χ2n) is 7.53. The number of amides is 2. The molecule has 0 spiro atoms. The van der Waals surface area contributed by atoms with Gasteiger partial charge in [0.1, 0.15) is 22.1 Å². The molecule has 1 saturated carbocycles. The number of hydrogen-bond donors (Lipinski definition) is 1. The minimum Gasteiger partial charge on any atom is -0.444 e. The number of piperidine rings is 1. The van der Waals surface area contributed by atoms with E-state index in [-0.39, 0.29) is 11.8 Å². The van der Waals surface area contributed by atoms with Gasteiger partial charge in [-0.15, -0.1) is 0 Å². The first-order chi connectivity index (χ1) is 11.2. The molecule has 7 heteroatoms. The van der Waals surface area contributed by atoms with Crippen molar-refractivity contribution in [3.05, 3.63) is 22.3 Å². The predicted octanol–water partition coefficient (Wildman–Crippen LogP) is 3.35. The van der Waals surface area contributed by atoms with Crippen molar-refractivity contribution in [1.29, 1.82) is 0 Å². The molecule has 2 amide bonds. The van der Waals surface area contributed by atoms with E-state index in [1.807, 2.05) is 39.8 Å². The lowest BCUT2D eigenvalue weighted by atomic mass is 10.1. The standard InChI is InChI=1S/C17H22BrN3O3/c1-9-5-6-12(18)19-14(9)20-15(22)13-11-7-10(11)8-21(13)16(23)24-17(2,3)4/h5-6,10-11,13H,7-8H2,1-4H3,(H,19,20,22)/t10-,11-,13+/m1/s1. The molecule has 1 aromatic rings. The Morgan fingerprint density at radius 3 is 2.75 bits per heavy atom. The maximum absolute atomic E-state index is 12.8. The van der Waals surface area contributed by atoms with Crippen molar-refractivity contribution in [2.45, 2.75) is 45.8 Å². The first kappa shape index (κ1) is 17.2. The van der Waals surface area contributed by atoms with E-state index in [0.29, 0.717) is 22.9 Å². The van der Waals surface area contributed by atoms with Crippen molar-refractivity contribution in [2.75, 3.05) is 11.9 Å². The Morgan fingerprint density at radius 1 is 1.38 bits per heavy atom. The van der Waals surface area contributed by atoms with E-state index < -0.39 is 17.7 Å². The van der Waals surface area contributed by atoms with Gasteiger partial charge in [0.25, 0.3) is 0 Å². The van der Waals surface area contributed by atoms with Gasteiger partial charge >= 0.3 is 6.09 Å². The molecule has 2 aliphatic rings. The number of anilines is 1. The van der Waals surface area contributed by atoms with E-state index in [1.54, 1.807) is 4.90 Å². The first-order valence-electron chi connectivity index (χ1n) is 8.09. The highest BCUT2D eigenvalue weighted by Gasteiger charge is 2.57. The summed E-state index contributed by atoms with van der Waals surface area (Å²) in [5.41, 5.74) is 0.300. The van der Waals surface area contributed by atoms with Crippen molar-refractivity contribution in [2.24, 2.45) is 11.8 Å². The molecule has 0 bridgehead atoms. The minimum atomic E-state index is -0.576. The molecular weight excluding hydrogens is 374 g/mol. The average Bonchev–Trinajstić information content (AvgIpc) is 3.11. The van der Waals surface area contributed by atoms with Crippen LogP contribution in [0.2, 0.25) is 0 Å². The van der Waals surface area contributed by atoms with Gasteiger partial charge in [-0.25, -0.2) is 9.78 Å². The molecule has 24 heavy (non-hydrogen) atoms.